The molecule has 2 aliphatic heterocycles. The fraction of sp³-hybridized carbons (Fsp3) is 0.466. The third kappa shape index (κ3) is 15.2. The van der Waals surface area contributed by atoms with Crippen LogP contribution in [0.4, 0.5) is 28.9 Å². The van der Waals surface area contributed by atoms with E-state index >= 15 is 4.39 Å². The Kier molecular flexibility index (Phi) is 19.5. The van der Waals surface area contributed by atoms with Crippen molar-refractivity contribution in [1.29, 1.82) is 0 Å². The van der Waals surface area contributed by atoms with Gasteiger partial charge in [-0.1, -0.05) is 82.9 Å². The summed E-state index contributed by atoms with van der Waals surface area (Å²) in [6.07, 6.45) is -0.427. The maximum Gasteiger partial charge on any atom is 0.417 e. The minimum atomic E-state index is -4.99. The molecule has 1 unspecified atom stereocenters. The summed E-state index contributed by atoms with van der Waals surface area (Å²) >= 11 is 1.56. The molecule has 6 N–H and O–H groups in total. The number of hydrogen-bond donors (Lipinski definition) is 6. The van der Waals surface area contributed by atoms with Gasteiger partial charge in [-0.3, -0.25) is 33.7 Å². The second-order valence-electron chi connectivity index (χ2n) is 21.8. The number of H-pyrrole nitrogens is 1. The third-order valence-corrected chi connectivity index (χ3v) is 15.8. The Hall–Kier alpha value is -6.97. The number of thiazole rings is 1. The molecular weight excluding hydrogens is 1040 g/mol. The van der Waals surface area contributed by atoms with Crippen molar-refractivity contribution in [3.8, 4) is 21.6 Å². The summed E-state index contributed by atoms with van der Waals surface area (Å²) in [4.78, 5) is 92.3. The fourth-order valence-electron chi connectivity index (χ4n) is 10.1. The summed E-state index contributed by atoms with van der Waals surface area (Å²) in [6, 6.07) is 15.3. The van der Waals surface area contributed by atoms with Crippen LogP contribution in [0.5, 0.6) is 0 Å². The number of carbonyl (C=O) groups excluding carboxylic acids is 5. The smallest absolute Gasteiger partial charge is 0.391 e. The van der Waals surface area contributed by atoms with Crippen LogP contribution in [0, 0.1) is 18.2 Å². The van der Waals surface area contributed by atoms with E-state index < -0.39 is 70.0 Å². The van der Waals surface area contributed by atoms with Gasteiger partial charge in [-0.2, -0.15) is 13.2 Å². The number of likely N-dealkylation sites (N-methyl/N-ethyl adjacent to an activating group) is 1. The number of aryl methyl sites for hydroxylation is 1. The SMILES string of the molecule is Cc1ncsc1-c1ccc(CNC(=O)[C@@H]2C[C@@H](O)CN2C(=O)C(NC(=O)CCCCCCCCNC(=O)c2ccc(-c3ccc(N4C[C@@H](C)N(C)[C@@H](C)C4)c(NC(=O)c4c[nH]c(=O)cc4C(F)(F)F)c3)c(F)c2)C(C)(C)C)cc1. The van der Waals surface area contributed by atoms with Gasteiger partial charge >= 0.3 is 6.18 Å². The zero-order valence-corrected chi connectivity index (χ0v) is 46.5. The number of carbonyl (C=O) groups is 5. The zero-order valence-electron chi connectivity index (χ0n) is 45.7. The Balaban J connectivity index is 0.855. The van der Waals surface area contributed by atoms with E-state index in [1.165, 1.54) is 23.1 Å². The van der Waals surface area contributed by atoms with Gasteiger partial charge in [-0.05, 0) is 87.0 Å². The predicted octanol–water partition coefficient (Wildman–Crippen LogP) is 8.68. The monoisotopic (exact) mass is 1110 g/mol. The minimum Gasteiger partial charge on any atom is -0.391 e. The Labute approximate surface area is 461 Å². The summed E-state index contributed by atoms with van der Waals surface area (Å²) in [6.45, 7) is 13.2. The van der Waals surface area contributed by atoms with Crippen LogP contribution in [-0.4, -0.2) is 118 Å². The summed E-state index contributed by atoms with van der Waals surface area (Å²) in [5.41, 5.74) is 1.87. The first-order chi connectivity index (χ1) is 37.4. The second-order valence-corrected chi connectivity index (χ2v) is 22.7. The van der Waals surface area contributed by atoms with Crippen LogP contribution >= 0.6 is 11.3 Å². The van der Waals surface area contributed by atoms with Gasteiger partial charge in [-0.25, -0.2) is 9.37 Å². The van der Waals surface area contributed by atoms with Crippen molar-refractivity contribution in [3.05, 3.63) is 123 Å². The molecule has 0 aliphatic carbocycles. The fourth-order valence-corrected chi connectivity index (χ4v) is 10.9. The number of pyridine rings is 1. The largest absolute Gasteiger partial charge is 0.417 e. The Morgan fingerprint density at radius 3 is 2.16 bits per heavy atom. The summed E-state index contributed by atoms with van der Waals surface area (Å²) in [7, 11) is 1.99. The van der Waals surface area contributed by atoms with Crippen molar-refractivity contribution >= 4 is 52.2 Å². The second kappa shape index (κ2) is 25.9. The number of alkyl halides is 3. The van der Waals surface area contributed by atoms with Crippen LogP contribution in [0.1, 0.15) is 124 Å². The lowest BCUT2D eigenvalue weighted by atomic mass is 9.85. The molecule has 2 saturated heterocycles. The first kappa shape index (κ1) is 59.7. The van der Waals surface area contributed by atoms with Crippen molar-refractivity contribution in [2.24, 2.45) is 5.41 Å². The van der Waals surface area contributed by atoms with Crippen molar-refractivity contribution in [2.75, 3.05) is 43.4 Å². The zero-order chi connectivity index (χ0) is 57.3. The molecule has 3 aromatic carbocycles. The van der Waals surface area contributed by atoms with Crippen LogP contribution in [0.2, 0.25) is 0 Å². The maximum atomic E-state index is 15.9. The average molecular weight is 1110 g/mol. The molecule has 424 valence electrons. The number of aliphatic hydroxyl groups excluding tert-OH is 1. The molecule has 2 aromatic heterocycles. The quantitative estimate of drug-likeness (QED) is 0.0323. The molecule has 21 heteroatoms. The Morgan fingerprint density at radius 1 is 0.848 bits per heavy atom. The van der Waals surface area contributed by atoms with Gasteiger partial charge in [0.25, 0.3) is 11.8 Å². The highest BCUT2D eigenvalue weighted by Gasteiger charge is 2.44. The van der Waals surface area contributed by atoms with Crippen LogP contribution in [0.25, 0.3) is 21.6 Å². The van der Waals surface area contributed by atoms with Crippen LogP contribution < -0.4 is 31.7 Å². The number of hydrogen-bond acceptors (Lipinski definition) is 11. The predicted molar refractivity (Wildman–Crippen MR) is 297 cm³/mol. The van der Waals surface area contributed by atoms with E-state index in [0.717, 1.165) is 53.4 Å². The van der Waals surface area contributed by atoms with Gasteiger partial charge < -0.3 is 41.2 Å². The van der Waals surface area contributed by atoms with Crippen molar-refractivity contribution in [3.63, 3.8) is 0 Å². The molecule has 0 spiro atoms. The van der Waals surface area contributed by atoms with Crippen molar-refractivity contribution in [2.45, 2.75) is 136 Å². The number of likely N-dealkylation sites (tertiary alicyclic amines) is 1. The molecule has 16 nitrogen and oxygen atoms in total. The molecule has 0 saturated carbocycles. The first-order valence-corrected chi connectivity index (χ1v) is 27.6. The number of halogens is 4. The number of aromatic nitrogens is 2. The van der Waals surface area contributed by atoms with E-state index in [-0.39, 0.29) is 66.6 Å². The summed E-state index contributed by atoms with van der Waals surface area (Å²) < 4.78 is 57.8. The molecule has 2 aliphatic rings. The molecule has 7 rings (SSSR count). The highest BCUT2D eigenvalue weighted by molar-refractivity contribution is 7.13. The molecule has 2 fully saturated rings. The van der Waals surface area contributed by atoms with E-state index in [2.05, 4.69) is 36.1 Å². The molecule has 5 atom stereocenters. The number of nitrogens with one attached hydrogen (secondary N) is 5. The number of unbranched alkanes of at least 4 members (excludes halogenated alkanes) is 5. The third-order valence-electron chi connectivity index (χ3n) is 14.8. The number of β-amino-alcohol motifs (C(OH)–C–C–N with tert-alkyl or cyclic N) is 1. The number of anilines is 2. The topological polar surface area (TPSA) is 209 Å². The normalized spacial score (nSPS) is 18.3. The van der Waals surface area contributed by atoms with Crippen molar-refractivity contribution in [1.82, 2.24) is 35.7 Å². The highest BCUT2D eigenvalue weighted by Crippen LogP contribution is 2.37. The van der Waals surface area contributed by atoms with Gasteiger partial charge in [-0.15, -0.1) is 11.3 Å². The number of aromatic amines is 1. The van der Waals surface area contributed by atoms with Gasteiger partial charge in [0.1, 0.15) is 17.9 Å². The number of benzene rings is 3. The van der Waals surface area contributed by atoms with E-state index in [9.17, 15) is 47.0 Å². The molecule has 5 amide bonds. The summed E-state index contributed by atoms with van der Waals surface area (Å²) in [5, 5.41) is 21.9. The van der Waals surface area contributed by atoms with Crippen LogP contribution in [-0.2, 0) is 27.1 Å². The molecule has 5 aromatic rings. The maximum absolute atomic E-state index is 15.9. The van der Waals surface area contributed by atoms with Crippen LogP contribution in [0.15, 0.2) is 83.2 Å². The molecule has 4 heterocycles. The van der Waals surface area contributed by atoms with Gasteiger partial charge in [0.05, 0.1) is 44.7 Å². The minimum absolute atomic E-state index is 0.0238. The van der Waals surface area contributed by atoms with Crippen molar-refractivity contribution < 1.29 is 46.6 Å². The lowest BCUT2D eigenvalue weighted by Crippen LogP contribution is -2.57. The Morgan fingerprint density at radius 2 is 1.52 bits per heavy atom. The molecule has 79 heavy (non-hydrogen) atoms. The molecule has 0 radical (unpaired) electrons. The lowest BCUT2D eigenvalue weighted by molar-refractivity contribution is -0.144. The standard InChI is InChI=1S/C58H71F4N9O7S/c1-34-30-70(31-35(2)69(34)7)47-22-20-39(25-46(47)67-54(76)43-29-64-50(74)27-44(43)58(60,61)62)42-21-19-40(24-45(42)59)53(75)63-23-13-11-9-8-10-12-14-49(73)68-52(57(4,5)6)56(78)71-32-41(72)26-48(71)55(77)65-28-37-15-17-38(18-16-37)51-36(3)66-33-79-51/h15-22,24-25,27,29,33-35,41,48,52,72H,8-14,23,26,28,30-32H2,1-7H3,(H,63,75)(H,64,74)(H,65,77)(H,67,76)(H,68,73)/t34-,35+,41-,48+,52?/m1/s1. The van der Waals surface area contributed by atoms with E-state index in [1.54, 1.807) is 29.0 Å². The summed E-state index contributed by atoms with van der Waals surface area (Å²) in [5.74, 6) is -3.43. The van der Waals surface area contributed by atoms with Gasteiger partial charge in [0.15, 0.2) is 0 Å². The van der Waals surface area contributed by atoms with Gasteiger partial charge in [0.2, 0.25) is 23.3 Å². The van der Waals surface area contributed by atoms with Crippen LogP contribution in [0.3, 0.4) is 0 Å². The number of aliphatic hydroxyl groups is 1. The van der Waals surface area contributed by atoms with E-state index in [0.29, 0.717) is 56.0 Å². The number of amides is 5. The number of rotatable bonds is 20. The number of piperazine rings is 1. The van der Waals surface area contributed by atoms with E-state index in [4.69, 9.17) is 0 Å². The molecular formula is C58H71F4N9O7S. The first-order valence-electron chi connectivity index (χ1n) is 26.7. The van der Waals surface area contributed by atoms with E-state index in [1.807, 2.05) is 77.8 Å². The number of nitrogens with zero attached hydrogens (tertiary/aromatic N) is 4. The average Bonchev–Trinajstić information content (AvgIpc) is 4.07. The van der Waals surface area contributed by atoms with Gasteiger partial charge in [0, 0.05) is 81.0 Å². The molecule has 0 bridgehead atoms. The highest BCUT2D eigenvalue weighted by atomic mass is 32.1. The Bertz CT molecular complexity index is 3040. The lowest BCUT2D eigenvalue weighted by Gasteiger charge is -2.44.